The van der Waals surface area contributed by atoms with E-state index in [-0.39, 0.29) is 9.52 Å². The molecule has 0 saturated heterocycles. The highest BCUT2D eigenvalue weighted by atomic mass is 28.2. The van der Waals surface area contributed by atoms with Gasteiger partial charge in [0.1, 0.15) is 0 Å². The fourth-order valence-corrected chi connectivity index (χ4v) is 7.26. The Hall–Kier alpha value is -2.90. The van der Waals surface area contributed by atoms with E-state index in [2.05, 4.69) is 84.9 Å². The molecule has 2 aliphatic carbocycles. The maximum absolute atomic E-state index is 2.38. The van der Waals surface area contributed by atoms with Crippen molar-refractivity contribution in [3.05, 3.63) is 118 Å². The van der Waals surface area contributed by atoms with Gasteiger partial charge in [0.25, 0.3) is 0 Å². The van der Waals surface area contributed by atoms with Crippen molar-refractivity contribution in [3.63, 3.8) is 0 Å². The zero-order valence-electron chi connectivity index (χ0n) is 16.6. The summed E-state index contributed by atoms with van der Waals surface area (Å²) < 4.78 is 0. The van der Waals surface area contributed by atoms with Gasteiger partial charge >= 0.3 is 0 Å². The van der Waals surface area contributed by atoms with Crippen molar-refractivity contribution < 1.29 is 0 Å². The first kappa shape index (κ1) is 17.0. The van der Waals surface area contributed by atoms with Crippen LogP contribution in [0.3, 0.4) is 0 Å². The highest BCUT2D eigenvalue weighted by Gasteiger charge is 2.22. The monoisotopic (exact) mass is 388 g/mol. The maximum Gasteiger partial charge on any atom is 0.0296 e. The summed E-state index contributed by atoms with van der Waals surface area (Å²) in [5, 5.41) is 0. The van der Waals surface area contributed by atoms with E-state index in [1.54, 1.807) is 22.3 Å². The van der Waals surface area contributed by atoms with Gasteiger partial charge in [-0.25, -0.2) is 0 Å². The van der Waals surface area contributed by atoms with Crippen LogP contribution in [0, 0.1) is 0 Å². The van der Waals surface area contributed by atoms with E-state index in [0.717, 1.165) is 12.8 Å². The zero-order chi connectivity index (χ0) is 19.2. The summed E-state index contributed by atoms with van der Waals surface area (Å²) in [6, 6.07) is 34.4. The highest BCUT2D eigenvalue weighted by molar-refractivity contribution is 6.34. The summed E-state index contributed by atoms with van der Waals surface area (Å²) in [4.78, 5) is 0. The third kappa shape index (κ3) is 2.80. The molecular weight excluding hydrogens is 364 g/mol. The lowest BCUT2D eigenvalue weighted by Crippen LogP contribution is -2.06. The van der Waals surface area contributed by atoms with Crippen molar-refractivity contribution in [2.45, 2.75) is 24.9 Å². The highest BCUT2D eigenvalue weighted by Crippen LogP contribution is 2.39. The number of rotatable bonds is 4. The molecule has 0 N–H and O–H groups in total. The van der Waals surface area contributed by atoms with Crippen LogP contribution in [0.4, 0.5) is 0 Å². The Morgan fingerprint density at radius 3 is 1.45 bits per heavy atom. The van der Waals surface area contributed by atoms with Gasteiger partial charge in [-0.15, -0.1) is 0 Å². The van der Waals surface area contributed by atoms with E-state index in [4.69, 9.17) is 0 Å². The average Bonchev–Trinajstić information content (AvgIpc) is 3.33. The van der Waals surface area contributed by atoms with E-state index in [1.807, 2.05) is 0 Å². The quantitative estimate of drug-likeness (QED) is 0.340. The van der Waals surface area contributed by atoms with E-state index < -0.39 is 0 Å². The molecule has 0 aromatic heterocycles. The third-order valence-corrected chi connectivity index (χ3v) is 8.57. The number of benzene rings is 4. The second kappa shape index (κ2) is 6.86. The van der Waals surface area contributed by atoms with Gasteiger partial charge in [-0.1, -0.05) is 84.9 Å². The molecule has 0 nitrogen and oxygen atoms in total. The standard InChI is InChI=1S/C28H24Si/c1-3-11-23-19(7-1)15-27-21(9-5-13-25(23)27)17-29-18-22-10-6-14-26-24-12-4-2-8-20(24)16-28(22)26/h1-14H,15-18,29H2. The molecular formula is C28H24Si. The second-order valence-electron chi connectivity index (χ2n) is 8.41. The minimum absolute atomic E-state index is 0.194. The Morgan fingerprint density at radius 1 is 0.483 bits per heavy atom. The number of fused-ring (bicyclic) bond motifs is 6. The summed E-state index contributed by atoms with van der Waals surface area (Å²) in [5.74, 6) is 0. The minimum atomic E-state index is -0.194. The van der Waals surface area contributed by atoms with Crippen LogP contribution in [0.25, 0.3) is 22.3 Å². The Balaban J connectivity index is 1.23. The molecule has 2 aliphatic rings. The van der Waals surface area contributed by atoms with Gasteiger partial charge in [0, 0.05) is 9.52 Å². The minimum Gasteiger partial charge on any atom is -0.0619 e. The molecule has 0 saturated carbocycles. The van der Waals surface area contributed by atoms with Gasteiger partial charge in [0.15, 0.2) is 0 Å². The predicted molar refractivity (Wildman–Crippen MR) is 125 cm³/mol. The van der Waals surface area contributed by atoms with Crippen molar-refractivity contribution in [3.8, 4) is 22.3 Å². The SMILES string of the molecule is c1ccc2c(c1)Cc1c(C[SiH2]Cc3cccc4c3Cc3ccccc3-4)cccc1-2. The Labute approximate surface area is 175 Å². The van der Waals surface area contributed by atoms with Crippen molar-refractivity contribution in [1.82, 2.24) is 0 Å². The predicted octanol–water partition coefficient (Wildman–Crippen LogP) is 5.70. The van der Waals surface area contributed by atoms with E-state index >= 15 is 0 Å². The van der Waals surface area contributed by atoms with Gasteiger partial charge < -0.3 is 0 Å². The molecule has 0 bridgehead atoms. The lowest BCUT2D eigenvalue weighted by Gasteiger charge is -2.11. The first-order chi connectivity index (χ1) is 14.4. The van der Waals surface area contributed by atoms with Gasteiger partial charge in [0.2, 0.25) is 0 Å². The average molecular weight is 389 g/mol. The Morgan fingerprint density at radius 2 is 0.931 bits per heavy atom. The Bertz CT molecular complexity index is 1140. The van der Waals surface area contributed by atoms with Gasteiger partial charge in [0.05, 0.1) is 0 Å². The van der Waals surface area contributed by atoms with E-state index in [9.17, 15) is 0 Å². The van der Waals surface area contributed by atoms with E-state index in [1.165, 1.54) is 45.5 Å². The molecule has 0 radical (unpaired) electrons. The molecule has 29 heavy (non-hydrogen) atoms. The zero-order valence-corrected chi connectivity index (χ0v) is 18.0. The molecule has 0 unspecified atom stereocenters. The molecule has 140 valence electrons. The van der Waals surface area contributed by atoms with Crippen LogP contribution in [0.1, 0.15) is 33.4 Å². The van der Waals surface area contributed by atoms with Gasteiger partial charge in [-0.2, -0.15) is 0 Å². The molecule has 0 amide bonds. The van der Waals surface area contributed by atoms with Crippen molar-refractivity contribution >= 4 is 9.52 Å². The van der Waals surface area contributed by atoms with Crippen molar-refractivity contribution in [2.75, 3.05) is 0 Å². The molecule has 0 aliphatic heterocycles. The molecule has 0 spiro atoms. The first-order valence-electron chi connectivity index (χ1n) is 10.8. The smallest absolute Gasteiger partial charge is 0.0296 e. The summed E-state index contributed by atoms with van der Waals surface area (Å²) in [5.41, 5.74) is 15.2. The number of hydrogen-bond donors (Lipinski definition) is 0. The van der Waals surface area contributed by atoms with Gasteiger partial charge in [-0.05, 0) is 80.6 Å². The molecule has 6 rings (SSSR count). The molecule has 0 fully saturated rings. The molecule has 4 aromatic carbocycles. The lowest BCUT2D eigenvalue weighted by atomic mass is 10.0. The second-order valence-corrected chi connectivity index (χ2v) is 10.1. The number of hydrogen-bond acceptors (Lipinski definition) is 0. The fourth-order valence-electron chi connectivity index (χ4n) is 5.38. The van der Waals surface area contributed by atoms with Crippen LogP contribution in [0.5, 0.6) is 0 Å². The first-order valence-corrected chi connectivity index (χ1v) is 12.8. The topological polar surface area (TPSA) is 0 Å². The maximum atomic E-state index is 2.38. The fraction of sp³-hybridized carbons (Fsp3) is 0.143. The molecule has 0 atom stereocenters. The molecule has 4 aromatic rings. The van der Waals surface area contributed by atoms with Crippen molar-refractivity contribution in [1.29, 1.82) is 0 Å². The van der Waals surface area contributed by atoms with Crippen LogP contribution in [0.2, 0.25) is 0 Å². The van der Waals surface area contributed by atoms with Gasteiger partial charge in [-0.3, -0.25) is 0 Å². The molecule has 0 heterocycles. The van der Waals surface area contributed by atoms with Crippen LogP contribution in [-0.2, 0) is 24.9 Å². The third-order valence-electron chi connectivity index (χ3n) is 6.79. The largest absolute Gasteiger partial charge is 0.0619 e. The van der Waals surface area contributed by atoms with Crippen LogP contribution in [-0.4, -0.2) is 9.52 Å². The van der Waals surface area contributed by atoms with Crippen LogP contribution >= 0.6 is 0 Å². The van der Waals surface area contributed by atoms with Crippen LogP contribution < -0.4 is 0 Å². The van der Waals surface area contributed by atoms with E-state index in [0.29, 0.717) is 0 Å². The summed E-state index contributed by atoms with van der Waals surface area (Å²) >= 11 is 0. The summed E-state index contributed by atoms with van der Waals surface area (Å²) in [7, 11) is -0.194. The lowest BCUT2D eigenvalue weighted by molar-refractivity contribution is 1.17. The Kier molecular flexibility index (Phi) is 4.02. The summed E-state index contributed by atoms with van der Waals surface area (Å²) in [6.45, 7) is 0. The summed E-state index contributed by atoms with van der Waals surface area (Å²) in [6.07, 6.45) is 2.23. The molecule has 1 heteroatoms. The van der Waals surface area contributed by atoms with Crippen LogP contribution in [0.15, 0.2) is 84.9 Å². The van der Waals surface area contributed by atoms with Crippen molar-refractivity contribution in [2.24, 2.45) is 0 Å². The normalized spacial score (nSPS) is 13.0.